The van der Waals surface area contributed by atoms with Crippen molar-refractivity contribution in [3.8, 4) is 16.3 Å². The van der Waals surface area contributed by atoms with Crippen molar-refractivity contribution < 1.29 is 23.9 Å². The van der Waals surface area contributed by atoms with Gasteiger partial charge in [0.15, 0.2) is 5.82 Å². The van der Waals surface area contributed by atoms with Gasteiger partial charge in [0.2, 0.25) is 23.6 Å². The van der Waals surface area contributed by atoms with Crippen molar-refractivity contribution in [3.05, 3.63) is 92.8 Å². The first-order valence-corrected chi connectivity index (χ1v) is 24.7. The van der Waals surface area contributed by atoms with E-state index in [1.165, 1.54) is 4.88 Å². The zero-order valence-corrected chi connectivity index (χ0v) is 40.0. The Balaban J connectivity index is 0.816. The standard InChI is InChI=1S/C47H56ClN11O5S2/c1-27-29(3)65-47-38(27)39(33-17-19-34(48)20-18-33)51-35(42-56-54-30(4)59(42)47)26-37(60)50-22-25-64-24-21-49-28(2)43(61)52-41(32-14-9-6-10-15-32)46(63)58-23-11-16-36(58)44(62)53-45-40(55-57-66-45)31-12-7-5-8-13-31/h5,7-8,12-13,17-20,28,32,35-36,41,49H,6,9-11,14-16,21-26H2,1-4H3,(H,50,60)(H,52,61)(H,53,62)/t28-,35-,36-,41?/m0/s1. The molecule has 0 radical (unpaired) electrons. The summed E-state index contributed by atoms with van der Waals surface area (Å²) in [5.41, 5.74) is 5.22. The molecule has 3 aliphatic rings. The molecule has 5 aromatic rings. The first kappa shape index (κ1) is 47.1. The molecule has 8 rings (SSSR count). The Morgan fingerprint density at radius 2 is 1.65 bits per heavy atom. The van der Waals surface area contributed by atoms with Gasteiger partial charge in [0.25, 0.3) is 0 Å². The number of nitrogens with one attached hydrogen (secondary N) is 4. The normalized spacial score (nSPS) is 18.1. The van der Waals surface area contributed by atoms with Crippen LogP contribution in [0.15, 0.2) is 59.6 Å². The van der Waals surface area contributed by atoms with Gasteiger partial charge in [-0.1, -0.05) is 77.8 Å². The number of likely N-dealkylation sites (tertiary alicyclic amines) is 1. The number of thiophene rings is 1. The van der Waals surface area contributed by atoms with Crippen LogP contribution in [-0.2, 0) is 23.9 Å². The van der Waals surface area contributed by atoms with Crippen LogP contribution >= 0.6 is 34.5 Å². The van der Waals surface area contributed by atoms with Gasteiger partial charge in [0.1, 0.15) is 39.6 Å². The van der Waals surface area contributed by atoms with Gasteiger partial charge in [0.05, 0.1) is 31.4 Å². The van der Waals surface area contributed by atoms with E-state index in [9.17, 15) is 19.2 Å². The van der Waals surface area contributed by atoms with Crippen LogP contribution in [0.5, 0.6) is 0 Å². The number of carbonyl (C=O) groups is 4. The molecular weight excluding hydrogens is 898 g/mol. The molecule has 16 nitrogen and oxygen atoms in total. The molecule has 3 aromatic heterocycles. The van der Waals surface area contributed by atoms with E-state index in [1.807, 2.05) is 66.1 Å². The average Bonchev–Trinajstić information content (AvgIpc) is 4.13. The Hall–Kier alpha value is -5.40. The summed E-state index contributed by atoms with van der Waals surface area (Å²) in [7, 11) is 0. The molecule has 1 unspecified atom stereocenters. The van der Waals surface area contributed by atoms with Gasteiger partial charge >= 0.3 is 0 Å². The minimum Gasteiger partial charge on any atom is -0.378 e. The molecule has 4 atom stereocenters. The molecule has 2 aliphatic heterocycles. The van der Waals surface area contributed by atoms with Crippen LogP contribution in [0, 0.1) is 26.7 Å². The van der Waals surface area contributed by atoms with Crippen LogP contribution in [0.4, 0.5) is 5.00 Å². The molecule has 0 spiro atoms. The fraction of sp³-hybridized carbons (Fsp3) is 0.468. The van der Waals surface area contributed by atoms with E-state index in [4.69, 9.17) is 21.3 Å². The van der Waals surface area contributed by atoms with Crippen LogP contribution in [0.2, 0.25) is 5.02 Å². The van der Waals surface area contributed by atoms with E-state index in [0.717, 1.165) is 82.4 Å². The van der Waals surface area contributed by atoms with E-state index < -0.39 is 24.2 Å². The lowest BCUT2D eigenvalue weighted by atomic mass is 9.83. The fourth-order valence-corrected chi connectivity index (χ4v) is 11.0. The van der Waals surface area contributed by atoms with Crippen molar-refractivity contribution in [2.45, 2.75) is 103 Å². The number of aliphatic imine (C=N–C) groups is 1. The van der Waals surface area contributed by atoms with Crippen molar-refractivity contribution in [1.29, 1.82) is 0 Å². The second-order valence-corrected chi connectivity index (χ2v) is 19.5. The Labute approximate surface area is 397 Å². The average molecular weight is 955 g/mol. The summed E-state index contributed by atoms with van der Waals surface area (Å²) in [5, 5.41) is 27.5. The summed E-state index contributed by atoms with van der Waals surface area (Å²) in [6.07, 6.45) is 5.99. The Bertz CT molecular complexity index is 2550. The van der Waals surface area contributed by atoms with Crippen molar-refractivity contribution >= 4 is 68.8 Å². The molecule has 1 saturated heterocycles. The molecule has 2 fully saturated rings. The van der Waals surface area contributed by atoms with Crippen LogP contribution in [0.3, 0.4) is 0 Å². The maximum Gasteiger partial charge on any atom is 0.247 e. The molecule has 4 amide bonds. The van der Waals surface area contributed by atoms with Crippen molar-refractivity contribution in [2.24, 2.45) is 10.9 Å². The fourth-order valence-electron chi connectivity index (χ4n) is 9.05. The van der Waals surface area contributed by atoms with Gasteiger partial charge in [-0.25, -0.2) is 0 Å². The number of aryl methyl sites for hydroxylation is 2. The number of nitrogens with zero attached hydrogens (tertiary/aromatic N) is 7. The van der Waals surface area contributed by atoms with E-state index in [2.05, 4.69) is 54.9 Å². The minimum atomic E-state index is -0.741. The highest BCUT2D eigenvalue weighted by molar-refractivity contribution is 7.15. The molecule has 66 heavy (non-hydrogen) atoms. The Morgan fingerprint density at radius 3 is 2.42 bits per heavy atom. The van der Waals surface area contributed by atoms with E-state index in [-0.39, 0.29) is 49.1 Å². The van der Waals surface area contributed by atoms with E-state index >= 15 is 0 Å². The SMILES string of the molecule is Cc1sc2c(c1C)C(c1ccc(Cl)cc1)=N[C@@H](CC(=O)NCCOCCN[C@@H](C)C(=O)NC(C(=O)N1CCC[C@H]1C(=O)Nc1snnc1-c1ccccc1)C1CCCCC1)c1nnc(C)n1-2. The third-order valence-electron chi connectivity index (χ3n) is 12.7. The maximum atomic E-state index is 14.4. The summed E-state index contributed by atoms with van der Waals surface area (Å²) < 4.78 is 11.9. The van der Waals surface area contributed by atoms with Crippen molar-refractivity contribution in [3.63, 3.8) is 0 Å². The quantitative estimate of drug-likeness (QED) is 0.0746. The molecule has 19 heteroatoms. The topological polar surface area (TPSA) is 198 Å². The first-order valence-electron chi connectivity index (χ1n) is 22.7. The number of carbonyl (C=O) groups excluding carboxylic acids is 4. The number of rotatable bonds is 17. The van der Waals surface area contributed by atoms with Gasteiger partial charge in [-0.15, -0.1) is 26.6 Å². The van der Waals surface area contributed by atoms with Crippen LogP contribution < -0.4 is 21.3 Å². The predicted molar refractivity (Wildman–Crippen MR) is 256 cm³/mol. The molecule has 5 heterocycles. The molecule has 4 N–H and O–H groups in total. The molecule has 1 aliphatic carbocycles. The third-order valence-corrected chi connectivity index (χ3v) is 14.8. The third kappa shape index (κ3) is 10.6. The zero-order chi connectivity index (χ0) is 46.3. The summed E-state index contributed by atoms with van der Waals surface area (Å²) >= 11 is 9.01. The smallest absolute Gasteiger partial charge is 0.247 e. The second kappa shape index (κ2) is 21.5. The number of anilines is 1. The largest absolute Gasteiger partial charge is 0.378 e. The highest BCUT2D eigenvalue weighted by Gasteiger charge is 2.41. The monoisotopic (exact) mass is 953 g/mol. The van der Waals surface area contributed by atoms with Gasteiger partial charge in [-0.3, -0.25) is 28.7 Å². The Kier molecular flexibility index (Phi) is 15.3. The van der Waals surface area contributed by atoms with Crippen LogP contribution in [0.25, 0.3) is 16.3 Å². The van der Waals surface area contributed by atoms with Gasteiger partial charge < -0.3 is 30.9 Å². The first-order chi connectivity index (χ1) is 32.0. The summed E-state index contributed by atoms with van der Waals surface area (Å²) in [6, 6.07) is 14.5. The molecular formula is C47H56ClN11O5S2. The molecule has 2 aromatic carbocycles. The van der Waals surface area contributed by atoms with Gasteiger partial charge in [-0.2, -0.15) is 0 Å². The lowest BCUT2D eigenvalue weighted by Crippen LogP contribution is -2.58. The van der Waals surface area contributed by atoms with Gasteiger partial charge in [0, 0.05) is 57.8 Å². The zero-order valence-electron chi connectivity index (χ0n) is 37.6. The highest BCUT2D eigenvalue weighted by Crippen LogP contribution is 2.40. The number of amides is 4. The van der Waals surface area contributed by atoms with Crippen molar-refractivity contribution in [1.82, 2.24) is 45.2 Å². The van der Waals surface area contributed by atoms with E-state index in [1.54, 1.807) is 23.2 Å². The molecule has 348 valence electrons. The minimum absolute atomic E-state index is 0.0230. The van der Waals surface area contributed by atoms with Crippen LogP contribution in [-0.4, -0.2) is 110 Å². The summed E-state index contributed by atoms with van der Waals surface area (Å²) in [5.74, 6) is 0.310. The number of hydrogen-bond donors (Lipinski definition) is 4. The lowest BCUT2D eigenvalue weighted by molar-refractivity contribution is -0.142. The number of fused-ring (bicyclic) bond motifs is 3. The maximum absolute atomic E-state index is 14.4. The van der Waals surface area contributed by atoms with E-state index in [0.29, 0.717) is 54.1 Å². The molecule has 1 saturated carbocycles. The summed E-state index contributed by atoms with van der Waals surface area (Å²) in [6.45, 7) is 9.49. The highest BCUT2D eigenvalue weighted by atomic mass is 35.5. The van der Waals surface area contributed by atoms with Crippen LogP contribution in [0.1, 0.15) is 97.5 Å². The summed E-state index contributed by atoms with van der Waals surface area (Å²) in [4.78, 5) is 63.2. The number of aromatic nitrogens is 5. The van der Waals surface area contributed by atoms with Gasteiger partial charge in [-0.05, 0) is 77.0 Å². The lowest BCUT2D eigenvalue weighted by Gasteiger charge is -2.35. The number of halogens is 1. The number of benzene rings is 2. The predicted octanol–water partition coefficient (Wildman–Crippen LogP) is 6.51. The second-order valence-electron chi connectivity index (χ2n) is 17.1. The number of hydrogen-bond acceptors (Lipinski definition) is 13. The number of ether oxygens (including phenoxy) is 1. The molecule has 0 bridgehead atoms. The Morgan fingerprint density at radius 1 is 0.894 bits per heavy atom. The van der Waals surface area contributed by atoms with Crippen molar-refractivity contribution in [2.75, 3.05) is 38.2 Å².